The summed E-state index contributed by atoms with van der Waals surface area (Å²) in [6.07, 6.45) is 2.57. The summed E-state index contributed by atoms with van der Waals surface area (Å²) in [7, 11) is 0. The topological polar surface area (TPSA) is 73.6 Å². The molecule has 2 heterocycles. The van der Waals surface area contributed by atoms with Crippen LogP contribution in [0.4, 0.5) is 9.18 Å². The zero-order chi connectivity index (χ0) is 19.1. The molecule has 0 spiro atoms. The maximum Gasteiger partial charge on any atom is 0.410 e. The molecule has 0 radical (unpaired) electrons. The number of ether oxygens (including phenoxy) is 1. The third-order valence-electron chi connectivity index (χ3n) is 5.23. The van der Waals surface area contributed by atoms with E-state index < -0.39 is 17.0 Å². The zero-order valence-electron chi connectivity index (χ0n) is 15.5. The Bertz CT molecular complexity index is 736. The van der Waals surface area contributed by atoms with Crippen molar-refractivity contribution in [2.24, 2.45) is 0 Å². The molecule has 0 saturated carbocycles. The number of carbonyl (C=O) groups excluding carboxylic acids is 1. The molecule has 2 saturated heterocycles. The highest BCUT2D eigenvalue weighted by Gasteiger charge is 2.50. The Hall–Kier alpha value is -2.13. The molecule has 140 valence electrons. The van der Waals surface area contributed by atoms with Crippen LogP contribution in [0, 0.1) is 17.1 Å². The van der Waals surface area contributed by atoms with Crippen LogP contribution >= 0.6 is 0 Å². The second-order valence-corrected chi connectivity index (χ2v) is 8.34. The lowest BCUT2D eigenvalue weighted by atomic mass is 9.72. The molecule has 2 fully saturated rings. The highest BCUT2D eigenvalue weighted by Crippen LogP contribution is 2.45. The van der Waals surface area contributed by atoms with Crippen LogP contribution in [0.5, 0.6) is 0 Å². The number of nitriles is 1. The summed E-state index contributed by atoms with van der Waals surface area (Å²) in [6.45, 7) is 5.47. The fourth-order valence-corrected chi connectivity index (χ4v) is 4.24. The van der Waals surface area contributed by atoms with Crippen molar-refractivity contribution < 1.29 is 19.0 Å². The number of piperidine rings is 2. The van der Waals surface area contributed by atoms with Crippen LogP contribution in [0.3, 0.4) is 0 Å². The van der Waals surface area contributed by atoms with Crippen molar-refractivity contribution in [3.05, 3.63) is 35.1 Å². The number of aliphatic hydroxyl groups is 1. The first-order chi connectivity index (χ1) is 12.1. The first-order valence-electron chi connectivity index (χ1n) is 9.07. The molecule has 26 heavy (non-hydrogen) atoms. The molecular formula is C20H25FN2O3. The second-order valence-electron chi connectivity index (χ2n) is 8.34. The van der Waals surface area contributed by atoms with Crippen LogP contribution in [0.2, 0.25) is 0 Å². The molecule has 5 nitrogen and oxygen atoms in total. The molecule has 2 atom stereocenters. The summed E-state index contributed by atoms with van der Waals surface area (Å²) in [5, 5.41) is 20.3. The monoisotopic (exact) mass is 360 g/mol. The van der Waals surface area contributed by atoms with Gasteiger partial charge in [-0.15, -0.1) is 0 Å². The lowest BCUT2D eigenvalue weighted by Gasteiger charge is -2.51. The van der Waals surface area contributed by atoms with Gasteiger partial charge in [0.05, 0.1) is 11.2 Å². The number of hydrogen-bond acceptors (Lipinski definition) is 4. The van der Waals surface area contributed by atoms with Crippen molar-refractivity contribution in [3.8, 4) is 6.07 Å². The van der Waals surface area contributed by atoms with Crippen LogP contribution in [-0.2, 0) is 10.3 Å². The SMILES string of the molecule is CC(C)(C)OC(=O)N1C2CCCC1CC(O)(c1cccc(C#N)c1F)C2. The molecule has 2 unspecified atom stereocenters. The van der Waals surface area contributed by atoms with Gasteiger partial charge in [0, 0.05) is 30.5 Å². The number of nitrogens with zero attached hydrogens (tertiary/aromatic N) is 2. The van der Waals surface area contributed by atoms with E-state index in [2.05, 4.69) is 0 Å². The molecule has 3 rings (SSSR count). The van der Waals surface area contributed by atoms with Crippen molar-refractivity contribution in [2.45, 2.75) is 76.2 Å². The highest BCUT2D eigenvalue weighted by molar-refractivity contribution is 5.69. The number of halogens is 1. The van der Waals surface area contributed by atoms with Crippen molar-refractivity contribution in [1.29, 1.82) is 5.26 Å². The van der Waals surface area contributed by atoms with Gasteiger partial charge in [0.1, 0.15) is 17.5 Å². The average Bonchev–Trinajstić information content (AvgIpc) is 2.52. The maximum absolute atomic E-state index is 14.7. The molecule has 1 N–H and O–H groups in total. The van der Waals surface area contributed by atoms with E-state index in [1.54, 1.807) is 11.0 Å². The van der Waals surface area contributed by atoms with E-state index in [0.717, 1.165) is 19.3 Å². The molecule has 2 aliphatic rings. The molecule has 1 aromatic rings. The first kappa shape index (κ1) is 18.7. The average molecular weight is 360 g/mol. The third kappa shape index (κ3) is 3.41. The van der Waals surface area contributed by atoms with Gasteiger partial charge in [0.25, 0.3) is 0 Å². The Morgan fingerprint density at radius 1 is 1.35 bits per heavy atom. The van der Waals surface area contributed by atoms with E-state index in [0.29, 0.717) is 0 Å². The van der Waals surface area contributed by atoms with Crippen molar-refractivity contribution >= 4 is 6.09 Å². The zero-order valence-corrected chi connectivity index (χ0v) is 15.5. The minimum atomic E-state index is -1.38. The summed E-state index contributed by atoms with van der Waals surface area (Å²) in [5.41, 5.74) is -1.90. The van der Waals surface area contributed by atoms with Gasteiger partial charge < -0.3 is 14.7 Å². The fraction of sp³-hybridized carbons (Fsp3) is 0.600. The lowest BCUT2D eigenvalue weighted by Crippen LogP contribution is -2.59. The van der Waals surface area contributed by atoms with E-state index in [1.807, 2.05) is 26.8 Å². The van der Waals surface area contributed by atoms with Gasteiger partial charge in [-0.2, -0.15) is 5.26 Å². The number of benzene rings is 1. The van der Waals surface area contributed by atoms with Crippen LogP contribution in [0.25, 0.3) is 0 Å². The summed E-state index contributed by atoms with van der Waals surface area (Å²) in [4.78, 5) is 14.4. The molecule has 2 aliphatic heterocycles. The lowest BCUT2D eigenvalue weighted by molar-refractivity contribution is -0.0978. The van der Waals surface area contributed by atoms with E-state index in [1.165, 1.54) is 12.1 Å². The Kier molecular flexibility index (Phi) is 4.70. The Morgan fingerprint density at radius 2 is 1.96 bits per heavy atom. The molecule has 0 aromatic heterocycles. The molecule has 1 amide bonds. The largest absolute Gasteiger partial charge is 0.444 e. The van der Waals surface area contributed by atoms with E-state index in [-0.39, 0.29) is 42.1 Å². The van der Waals surface area contributed by atoms with Crippen LogP contribution in [-0.4, -0.2) is 33.8 Å². The van der Waals surface area contributed by atoms with Gasteiger partial charge >= 0.3 is 6.09 Å². The Morgan fingerprint density at radius 3 is 2.50 bits per heavy atom. The van der Waals surface area contributed by atoms with Gasteiger partial charge in [-0.3, -0.25) is 0 Å². The quantitative estimate of drug-likeness (QED) is 0.826. The van der Waals surface area contributed by atoms with Gasteiger partial charge in [-0.25, -0.2) is 9.18 Å². The Balaban J connectivity index is 1.90. The van der Waals surface area contributed by atoms with Crippen LogP contribution in [0.15, 0.2) is 18.2 Å². The number of fused-ring (bicyclic) bond motifs is 2. The maximum atomic E-state index is 14.7. The van der Waals surface area contributed by atoms with Gasteiger partial charge in [0.2, 0.25) is 0 Å². The van der Waals surface area contributed by atoms with Gasteiger partial charge in [-0.05, 0) is 46.1 Å². The van der Waals surface area contributed by atoms with E-state index in [9.17, 15) is 14.3 Å². The predicted molar refractivity (Wildman–Crippen MR) is 93.7 cm³/mol. The second kappa shape index (κ2) is 6.55. The van der Waals surface area contributed by atoms with Crippen LogP contribution < -0.4 is 0 Å². The highest BCUT2D eigenvalue weighted by atomic mass is 19.1. The molecule has 2 bridgehead atoms. The number of amides is 1. The van der Waals surface area contributed by atoms with E-state index in [4.69, 9.17) is 10.00 Å². The smallest absolute Gasteiger partial charge is 0.410 e. The standard InChI is InChI=1S/C20H25FN2O3/c1-19(2,3)26-18(24)23-14-7-5-8-15(23)11-20(25,10-14)16-9-4-6-13(12-22)17(16)21/h4,6,9,14-15,25H,5,7-8,10-11H2,1-3H3. The van der Waals surface area contributed by atoms with E-state index >= 15 is 0 Å². The normalized spacial score (nSPS) is 28.4. The Labute approximate surface area is 153 Å². The van der Waals surface area contributed by atoms with Crippen molar-refractivity contribution in [3.63, 3.8) is 0 Å². The summed E-state index contributed by atoms with van der Waals surface area (Å²) < 4.78 is 20.2. The molecule has 6 heteroatoms. The minimum absolute atomic E-state index is 0.0735. The third-order valence-corrected chi connectivity index (χ3v) is 5.23. The number of rotatable bonds is 1. The molecular weight excluding hydrogens is 335 g/mol. The fourth-order valence-electron chi connectivity index (χ4n) is 4.24. The summed E-state index contributed by atoms with van der Waals surface area (Å²) in [6, 6.07) is 5.95. The van der Waals surface area contributed by atoms with Crippen molar-refractivity contribution in [2.75, 3.05) is 0 Å². The van der Waals surface area contributed by atoms with Gasteiger partial charge in [-0.1, -0.05) is 12.1 Å². The van der Waals surface area contributed by atoms with Gasteiger partial charge in [0.15, 0.2) is 0 Å². The van der Waals surface area contributed by atoms with Crippen molar-refractivity contribution in [1.82, 2.24) is 4.90 Å². The first-order valence-corrected chi connectivity index (χ1v) is 9.07. The molecule has 1 aromatic carbocycles. The summed E-state index contributed by atoms with van der Waals surface area (Å²) >= 11 is 0. The number of carbonyl (C=O) groups is 1. The molecule has 0 aliphatic carbocycles. The summed E-state index contributed by atoms with van der Waals surface area (Å²) in [5.74, 6) is -0.665. The minimum Gasteiger partial charge on any atom is -0.444 e. The number of hydrogen-bond donors (Lipinski definition) is 1. The predicted octanol–water partition coefficient (Wildman–Crippen LogP) is 3.84. The van der Waals surface area contributed by atoms with Crippen LogP contribution in [0.1, 0.15) is 64.0 Å².